The van der Waals surface area contributed by atoms with Crippen LogP contribution in [0.25, 0.3) is 0 Å². The molecule has 76 valence electrons. The van der Waals surface area contributed by atoms with E-state index >= 15 is 0 Å². The van der Waals surface area contributed by atoms with Crippen LogP contribution in [-0.4, -0.2) is 0 Å². The molecule has 0 nitrogen and oxygen atoms in total. The van der Waals surface area contributed by atoms with Crippen molar-refractivity contribution in [1.82, 2.24) is 0 Å². The molecule has 0 amide bonds. The van der Waals surface area contributed by atoms with Crippen LogP contribution in [0.3, 0.4) is 0 Å². The zero-order valence-electron chi connectivity index (χ0n) is 9.18. The minimum absolute atomic E-state index is 0.904. The van der Waals surface area contributed by atoms with Crippen LogP contribution in [0.1, 0.15) is 51.9 Å². The van der Waals surface area contributed by atoms with E-state index in [1.54, 1.807) is 44.9 Å². The number of hydrogen-bond donors (Lipinski definition) is 0. The summed E-state index contributed by atoms with van der Waals surface area (Å²) in [6.45, 7) is 2.63. The Morgan fingerprint density at radius 1 is 0.786 bits per heavy atom. The topological polar surface area (TPSA) is 0 Å². The maximum absolute atomic E-state index is 2.63. The van der Waals surface area contributed by atoms with Crippen molar-refractivity contribution in [2.24, 2.45) is 34.0 Å². The molecule has 14 heavy (non-hydrogen) atoms. The summed E-state index contributed by atoms with van der Waals surface area (Å²) in [6, 6.07) is 0. The van der Waals surface area contributed by atoms with Gasteiger partial charge in [0.25, 0.3) is 0 Å². The lowest BCUT2D eigenvalue weighted by atomic mass is 9.61. The van der Waals surface area contributed by atoms with Gasteiger partial charge in [0.2, 0.25) is 0 Å². The van der Waals surface area contributed by atoms with E-state index in [1.165, 1.54) is 11.8 Å². The molecule has 5 fully saturated rings. The molecule has 5 aliphatic carbocycles. The van der Waals surface area contributed by atoms with Crippen molar-refractivity contribution in [3.05, 3.63) is 0 Å². The van der Waals surface area contributed by atoms with Crippen molar-refractivity contribution in [1.29, 1.82) is 0 Å². The van der Waals surface area contributed by atoms with Crippen LogP contribution < -0.4 is 0 Å². The molecule has 0 saturated heterocycles. The van der Waals surface area contributed by atoms with Gasteiger partial charge in [-0.1, -0.05) is 6.92 Å². The molecule has 0 aromatic rings. The highest BCUT2D eigenvalue weighted by Gasteiger charge is 2.83. The number of rotatable bonds is 0. The first kappa shape index (κ1) is 7.30. The predicted molar refractivity (Wildman–Crippen MR) is 55.8 cm³/mol. The second kappa shape index (κ2) is 1.62. The second-order valence-corrected chi connectivity index (χ2v) is 7.22. The second-order valence-electron chi connectivity index (χ2n) is 7.22. The van der Waals surface area contributed by atoms with Crippen molar-refractivity contribution >= 4 is 0 Å². The fraction of sp³-hybridized carbons (Fsp3) is 1.00. The Kier molecular flexibility index (Phi) is 0.845. The molecule has 3 spiro atoms. The first-order valence-corrected chi connectivity index (χ1v) is 6.75. The molecule has 0 aliphatic heterocycles. The molecule has 5 rings (SSSR count). The summed E-state index contributed by atoms with van der Waals surface area (Å²) in [5.74, 6) is 3.55. The summed E-state index contributed by atoms with van der Waals surface area (Å²) in [6.07, 6.45) is 11.3. The highest BCUT2D eigenvalue weighted by atomic mass is 14.9. The van der Waals surface area contributed by atoms with Crippen LogP contribution in [0.2, 0.25) is 0 Å². The van der Waals surface area contributed by atoms with Gasteiger partial charge in [0.15, 0.2) is 0 Å². The largest absolute Gasteiger partial charge is 0.0614 e. The predicted octanol–water partition coefficient (Wildman–Crippen LogP) is 3.61. The Balaban J connectivity index is 1.69. The van der Waals surface area contributed by atoms with Gasteiger partial charge in [-0.15, -0.1) is 0 Å². The Hall–Kier alpha value is 0. The molecule has 3 atom stereocenters. The summed E-state index contributed by atoms with van der Waals surface area (Å²) in [4.78, 5) is 0. The minimum Gasteiger partial charge on any atom is -0.0614 e. The van der Waals surface area contributed by atoms with Gasteiger partial charge in [0.05, 0.1) is 0 Å². The van der Waals surface area contributed by atoms with E-state index in [0.717, 1.165) is 22.2 Å². The fourth-order valence-electron chi connectivity index (χ4n) is 6.13. The normalized spacial score (nSPS) is 55.9. The quantitative estimate of drug-likeness (QED) is 0.544. The Morgan fingerprint density at radius 3 is 1.93 bits per heavy atom. The Bertz CT molecular complexity index is 328. The maximum Gasteiger partial charge on any atom is -0.0207 e. The van der Waals surface area contributed by atoms with Crippen molar-refractivity contribution in [3.8, 4) is 0 Å². The lowest BCUT2D eigenvalue weighted by molar-refractivity contribution is 0.0362. The van der Waals surface area contributed by atoms with Gasteiger partial charge in [0, 0.05) is 0 Å². The highest BCUT2D eigenvalue weighted by molar-refractivity contribution is 5.32. The first-order valence-electron chi connectivity index (χ1n) is 6.75. The van der Waals surface area contributed by atoms with E-state index in [4.69, 9.17) is 0 Å². The van der Waals surface area contributed by atoms with Crippen LogP contribution in [0, 0.1) is 34.0 Å². The monoisotopic (exact) mass is 188 g/mol. The van der Waals surface area contributed by atoms with Crippen LogP contribution in [0.5, 0.6) is 0 Å². The van der Waals surface area contributed by atoms with Gasteiger partial charge in [0.1, 0.15) is 0 Å². The molecule has 2 unspecified atom stereocenters. The molecule has 5 saturated carbocycles. The van der Waals surface area contributed by atoms with Crippen molar-refractivity contribution in [3.63, 3.8) is 0 Å². The van der Waals surface area contributed by atoms with Crippen molar-refractivity contribution in [2.75, 3.05) is 0 Å². The van der Waals surface area contributed by atoms with Gasteiger partial charge in [-0.2, -0.15) is 0 Å². The number of fused-ring (bicyclic) bond motifs is 4. The standard InChI is InChI=1S/C14H20/c1-9-12(2-3-12)10-8-11(10)14(6-7-14)13(9)4-5-13/h9-11H,2-8H2,1H3/t9-,10?,11?/m0/s1. The Labute approximate surface area is 86.5 Å². The summed E-state index contributed by atoms with van der Waals surface area (Å²) >= 11 is 0. The van der Waals surface area contributed by atoms with Crippen LogP contribution in [0.4, 0.5) is 0 Å². The fourth-order valence-corrected chi connectivity index (χ4v) is 6.13. The van der Waals surface area contributed by atoms with Crippen molar-refractivity contribution < 1.29 is 0 Å². The molecule has 0 radical (unpaired) electrons. The van der Waals surface area contributed by atoms with E-state index in [2.05, 4.69) is 6.92 Å². The summed E-state index contributed by atoms with van der Waals surface area (Å²) in [5, 5.41) is 0. The summed E-state index contributed by atoms with van der Waals surface area (Å²) in [7, 11) is 0. The zero-order chi connectivity index (χ0) is 9.18. The maximum atomic E-state index is 2.63. The molecule has 0 aromatic carbocycles. The third-order valence-electron chi connectivity index (χ3n) is 7.33. The molecule has 5 aliphatic rings. The summed E-state index contributed by atoms with van der Waals surface area (Å²) in [5.41, 5.74) is 2.75. The Morgan fingerprint density at radius 2 is 1.43 bits per heavy atom. The molecular weight excluding hydrogens is 168 g/mol. The lowest BCUT2D eigenvalue weighted by Gasteiger charge is -2.43. The zero-order valence-corrected chi connectivity index (χ0v) is 9.18. The molecule has 0 heterocycles. The van der Waals surface area contributed by atoms with E-state index < -0.39 is 0 Å². The SMILES string of the molecule is C[C@H]1C2(CC2)C2CC2C2(CC2)C12CC2. The molecule has 0 N–H and O–H groups in total. The summed E-state index contributed by atoms with van der Waals surface area (Å²) < 4.78 is 0. The van der Waals surface area contributed by atoms with Crippen molar-refractivity contribution in [2.45, 2.75) is 51.9 Å². The number of hydrogen-bond acceptors (Lipinski definition) is 0. The van der Waals surface area contributed by atoms with Gasteiger partial charge >= 0.3 is 0 Å². The van der Waals surface area contributed by atoms with E-state index in [9.17, 15) is 0 Å². The molecule has 0 heteroatoms. The lowest BCUT2D eigenvalue weighted by Crippen LogP contribution is -2.39. The van der Waals surface area contributed by atoms with E-state index in [1.807, 2.05) is 0 Å². The first-order chi connectivity index (χ1) is 6.75. The van der Waals surface area contributed by atoms with E-state index in [-0.39, 0.29) is 0 Å². The third kappa shape index (κ3) is 0.498. The minimum atomic E-state index is 0.904. The van der Waals surface area contributed by atoms with Gasteiger partial charge < -0.3 is 0 Å². The van der Waals surface area contributed by atoms with Gasteiger partial charge in [-0.3, -0.25) is 0 Å². The van der Waals surface area contributed by atoms with Crippen LogP contribution in [-0.2, 0) is 0 Å². The molecule has 0 aromatic heterocycles. The highest BCUT2D eigenvalue weighted by Crippen LogP contribution is 2.91. The van der Waals surface area contributed by atoms with Gasteiger partial charge in [-0.05, 0) is 78.9 Å². The molecular formula is C14H20. The van der Waals surface area contributed by atoms with Crippen LogP contribution >= 0.6 is 0 Å². The average molecular weight is 188 g/mol. The average Bonchev–Trinajstić information content (AvgIpc) is 3.09. The van der Waals surface area contributed by atoms with Crippen LogP contribution in [0.15, 0.2) is 0 Å². The molecule has 0 bridgehead atoms. The smallest absolute Gasteiger partial charge is 0.0207 e. The van der Waals surface area contributed by atoms with E-state index in [0.29, 0.717) is 0 Å². The third-order valence-corrected chi connectivity index (χ3v) is 7.33. The van der Waals surface area contributed by atoms with Gasteiger partial charge in [-0.25, -0.2) is 0 Å².